The van der Waals surface area contributed by atoms with Crippen LogP contribution >= 0.6 is 34.5 Å². The smallest absolute Gasteiger partial charge is 0.224 e. The highest BCUT2D eigenvalue weighted by Crippen LogP contribution is 2.21. The van der Waals surface area contributed by atoms with E-state index in [4.69, 9.17) is 23.2 Å². The van der Waals surface area contributed by atoms with Gasteiger partial charge in [0.2, 0.25) is 5.28 Å². The number of halogens is 2. The zero-order valence-corrected chi connectivity index (χ0v) is 10.9. The summed E-state index contributed by atoms with van der Waals surface area (Å²) < 4.78 is 0. The number of thiophene rings is 1. The van der Waals surface area contributed by atoms with Crippen LogP contribution in [0.15, 0.2) is 23.0 Å². The first-order valence-corrected chi connectivity index (χ1v) is 6.49. The predicted molar refractivity (Wildman–Crippen MR) is 69.8 cm³/mol. The van der Waals surface area contributed by atoms with Crippen molar-refractivity contribution in [3.05, 3.63) is 38.9 Å². The summed E-state index contributed by atoms with van der Waals surface area (Å²) in [5.41, 5.74) is 0.860. The average Bonchev–Trinajstić information content (AvgIpc) is 2.83. The van der Waals surface area contributed by atoms with Crippen molar-refractivity contribution in [3.8, 4) is 0 Å². The third kappa shape index (κ3) is 3.29. The van der Waals surface area contributed by atoms with Crippen LogP contribution in [-0.2, 0) is 0 Å². The molecule has 0 amide bonds. The summed E-state index contributed by atoms with van der Waals surface area (Å²) in [7, 11) is 0. The molecule has 0 saturated carbocycles. The van der Waals surface area contributed by atoms with E-state index < -0.39 is 6.10 Å². The highest BCUT2D eigenvalue weighted by atomic mass is 35.5. The van der Waals surface area contributed by atoms with Crippen LogP contribution in [0.3, 0.4) is 0 Å². The lowest BCUT2D eigenvalue weighted by Crippen LogP contribution is -2.12. The first kappa shape index (κ1) is 12.6. The molecule has 0 fully saturated rings. The van der Waals surface area contributed by atoms with Gasteiger partial charge in [0.15, 0.2) is 0 Å². The zero-order chi connectivity index (χ0) is 12.3. The van der Waals surface area contributed by atoms with E-state index in [1.54, 1.807) is 0 Å². The van der Waals surface area contributed by atoms with E-state index in [2.05, 4.69) is 15.3 Å². The lowest BCUT2D eigenvalue weighted by Gasteiger charge is -2.11. The van der Waals surface area contributed by atoms with Crippen LogP contribution in [0.2, 0.25) is 10.3 Å². The number of nitrogens with one attached hydrogen (secondary N) is 1. The Labute approximate surface area is 112 Å². The molecule has 0 spiro atoms. The molecule has 2 rings (SSSR count). The summed E-state index contributed by atoms with van der Waals surface area (Å²) in [6.45, 7) is 0.309. The fourth-order valence-electron chi connectivity index (χ4n) is 1.25. The van der Waals surface area contributed by atoms with Gasteiger partial charge in [0.05, 0.1) is 12.3 Å². The largest absolute Gasteiger partial charge is 0.387 e. The number of rotatable bonds is 4. The molecule has 2 aromatic rings. The lowest BCUT2D eigenvalue weighted by atomic mass is 10.2. The molecular weight excluding hydrogens is 281 g/mol. The Balaban J connectivity index is 2.00. The minimum Gasteiger partial charge on any atom is -0.387 e. The van der Waals surface area contributed by atoms with E-state index in [0.29, 0.717) is 17.4 Å². The number of aromatic nitrogens is 2. The summed E-state index contributed by atoms with van der Waals surface area (Å²) in [5.74, 6) is 0.418. The van der Waals surface area contributed by atoms with Gasteiger partial charge in [-0.3, -0.25) is 0 Å². The van der Waals surface area contributed by atoms with Crippen molar-refractivity contribution in [2.24, 2.45) is 0 Å². The van der Waals surface area contributed by atoms with Gasteiger partial charge < -0.3 is 10.4 Å². The van der Waals surface area contributed by atoms with Gasteiger partial charge in [-0.2, -0.15) is 16.3 Å². The topological polar surface area (TPSA) is 58.0 Å². The molecule has 7 heteroatoms. The average molecular weight is 290 g/mol. The van der Waals surface area contributed by atoms with Gasteiger partial charge in [-0.05, 0) is 34.0 Å². The maximum absolute atomic E-state index is 9.86. The van der Waals surface area contributed by atoms with E-state index in [0.717, 1.165) is 5.56 Å². The Morgan fingerprint density at radius 1 is 1.47 bits per heavy atom. The summed E-state index contributed by atoms with van der Waals surface area (Å²) in [6, 6.07) is 1.87. The van der Waals surface area contributed by atoms with Crippen molar-refractivity contribution in [1.82, 2.24) is 9.97 Å². The Bertz CT molecular complexity index is 492. The molecule has 2 N–H and O–H groups in total. The van der Waals surface area contributed by atoms with E-state index in [1.807, 2.05) is 16.8 Å². The maximum atomic E-state index is 9.86. The lowest BCUT2D eigenvalue weighted by molar-refractivity contribution is 0.192. The second-order valence-electron chi connectivity index (χ2n) is 3.29. The fourth-order valence-corrected chi connectivity index (χ4v) is 2.24. The van der Waals surface area contributed by atoms with Crippen LogP contribution in [0, 0.1) is 0 Å². The molecule has 4 nitrogen and oxygen atoms in total. The van der Waals surface area contributed by atoms with Crippen LogP contribution < -0.4 is 5.32 Å². The van der Waals surface area contributed by atoms with Crippen LogP contribution in [-0.4, -0.2) is 21.6 Å². The van der Waals surface area contributed by atoms with E-state index in [1.165, 1.54) is 17.5 Å². The van der Waals surface area contributed by atoms with Gasteiger partial charge in [0.25, 0.3) is 0 Å². The molecule has 17 heavy (non-hydrogen) atoms. The maximum Gasteiger partial charge on any atom is 0.224 e. The molecule has 0 saturated heterocycles. The molecule has 0 aliphatic rings. The Morgan fingerprint density at radius 2 is 2.29 bits per heavy atom. The van der Waals surface area contributed by atoms with Gasteiger partial charge in [-0.25, -0.2) is 4.98 Å². The molecule has 2 aromatic heterocycles. The molecule has 0 aromatic carbocycles. The minimum atomic E-state index is -0.606. The molecular formula is C10H9Cl2N3OS. The normalized spacial score (nSPS) is 12.4. The minimum absolute atomic E-state index is 0.113. The van der Waals surface area contributed by atoms with Gasteiger partial charge in [-0.15, -0.1) is 0 Å². The highest BCUT2D eigenvalue weighted by molar-refractivity contribution is 7.07. The summed E-state index contributed by atoms with van der Waals surface area (Å²) in [5, 5.41) is 17.1. The second-order valence-corrected chi connectivity index (χ2v) is 4.81. The van der Waals surface area contributed by atoms with E-state index in [-0.39, 0.29) is 5.28 Å². The van der Waals surface area contributed by atoms with Crippen molar-refractivity contribution in [2.75, 3.05) is 11.9 Å². The van der Waals surface area contributed by atoms with Crippen molar-refractivity contribution in [1.29, 1.82) is 0 Å². The van der Waals surface area contributed by atoms with Crippen molar-refractivity contribution < 1.29 is 5.11 Å². The van der Waals surface area contributed by atoms with Crippen molar-refractivity contribution in [3.63, 3.8) is 0 Å². The van der Waals surface area contributed by atoms with Gasteiger partial charge in [0, 0.05) is 6.54 Å². The van der Waals surface area contributed by atoms with Crippen LogP contribution in [0.25, 0.3) is 0 Å². The van der Waals surface area contributed by atoms with E-state index >= 15 is 0 Å². The number of nitrogens with zero attached hydrogens (tertiary/aromatic N) is 2. The molecule has 1 unspecified atom stereocenters. The number of hydrogen-bond donors (Lipinski definition) is 2. The first-order chi connectivity index (χ1) is 8.16. The Kier molecular flexibility index (Phi) is 4.17. The highest BCUT2D eigenvalue weighted by Gasteiger charge is 2.10. The molecule has 90 valence electrons. The monoisotopic (exact) mass is 289 g/mol. The SMILES string of the molecule is OC(CNc1nc(Cl)ncc1Cl)c1ccsc1. The standard InChI is InChI=1S/C10H9Cl2N3OS/c11-7-3-14-10(12)15-9(7)13-4-8(16)6-1-2-17-5-6/h1-3,5,8,16H,4H2,(H,13,14,15). The third-order valence-electron chi connectivity index (χ3n) is 2.11. The quantitative estimate of drug-likeness (QED) is 0.850. The van der Waals surface area contributed by atoms with Crippen molar-refractivity contribution in [2.45, 2.75) is 6.10 Å². The molecule has 2 heterocycles. The summed E-state index contributed by atoms with van der Waals surface area (Å²) >= 11 is 13.1. The van der Waals surface area contributed by atoms with Crippen LogP contribution in [0.4, 0.5) is 5.82 Å². The second kappa shape index (κ2) is 5.64. The predicted octanol–water partition coefficient (Wildman–Crippen LogP) is 2.99. The molecule has 0 bridgehead atoms. The Hall–Kier alpha value is -0.880. The molecule has 0 aliphatic heterocycles. The van der Waals surface area contributed by atoms with Gasteiger partial charge in [0.1, 0.15) is 10.8 Å². The van der Waals surface area contributed by atoms with Gasteiger partial charge >= 0.3 is 0 Å². The molecule has 0 aliphatic carbocycles. The van der Waals surface area contributed by atoms with Gasteiger partial charge in [-0.1, -0.05) is 11.6 Å². The number of aliphatic hydroxyl groups excluding tert-OH is 1. The van der Waals surface area contributed by atoms with E-state index in [9.17, 15) is 5.11 Å². The third-order valence-corrected chi connectivity index (χ3v) is 3.27. The number of aliphatic hydroxyl groups is 1. The summed E-state index contributed by atoms with van der Waals surface area (Å²) in [6.07, 6.45) is 0.807. The fraction of sp³-hybridized carbons (Fsp3) is 0.200. The zero-order valence-electron chi connectivity index (χ0n) is 8.60. The molecule has 0 radical (unpaired) electrons. The number of hydrogen-bond acceptors (Lipinski definition) is 5. The summed E-state index contributed by atoms with van der Waals surface area (Å²) in [4.78, 5) is 7.67. The van der Waals surface area contributed by atoms with Crippen molar-refractivity contribution >= 4 is 40.4 Å². The first-order valence-electron chi connectivity index (χ1n) is 4.79. The Morgan fingerprint density at radius 3 is 3.00 bits per heavy atom. The van der Waals surface area contributed by atoms with Crippen LogP contribution in [0.5, 0.6) is 0 Å². The van der Waals surface area contributed by atoms with Crippen LogP contribution in [0.1, 0.15) is 11.7 Å². The molecule has 1 atom stereocenters. The number of anilines is 1.